The maximum absolute atomic E-state index is 11.8. The molecule has 0 aliphatic rings. The maximum atomic E-state index is 11.8. The second-order valence-electron chi connectivity index (χ2n) is 3.26. The molecular weight excluding hydrogens is 234 g/mol. The summed E-state index contributed by atoms with van der Waals surface area (Å²) in [5, 5.41) is 13.3. The number of hydrogen-bond acceptors (Lipinski definition) is 4. The highest BCUT2D eigenvalue weighted by Gasteiger charge is 2.13. The summed E-state index contributed by atoms with van der Waals surface area (Å²) in [5.41, 5.74) is 0.860. The Morgan fingerprint density at radius 3 is 2.76 bits per heavy atom. The summed E-state index contributed by atoms with van der Waals surface area (Å²) >= 11 is 0. The van der Waals surface area contributed by atoms with Crippen LogP contribution in [0, 0.1) is 10.1 Å². The molecule has 0 unspecified atom stereocenters. The number of ether oxygens (including phenoxy) is 1. The second kappa shape index (κ2) is 6.09. The van der Waals surface area contributed by atoms with E-state index in [-0.39, 0.29) is 12.3 Å². The van der Waals surface area contributed by atoms with E-state index in [4.69, 9.17) is 4.74 Å². The number of alkyl halides is 2. The van der Waals surface area contributed by atoms with Gasteiger partial charge in [0.2, 0.25) is 0 Å². The van der Waals surface area contributed by atoms with Gasteiger partial charge < -0.3 is 10.1 Å². The molecule has 0 spiro atoms. The fourth-order valence-electron chi connectivity index (χ4n) is 1.30. The van der Waals surface area contributed by atoms with E-state index in [0.29, 0.717) is 11.3 Å². The molecule has 0 saturated carbocycles. The van der Waals surface area contributed by atoms with Crippen LogP contribution in [0.3, 0.4) is 0 Å². The highest BCUT2D eigenvalue weighted by atomic mass is 19.3. The van der Waals surface area contributed by atoms with Crippen LogP contribution in [0.1, 0.15) is 5.56 Å². The van der Waals surface area contributed by atoms with Crippen molar-refractivity contribution >= 4 is 11.4 Å². The van der Waals surface area contributed by atoms with Gasteiger partial charge in [0, 0.05) is 13.1 Å². The Labute approximate surface area is 96.5 Å². The van der Waals surface area contributed by atoms with Gasteiger partial charge in [0.1, 0.15) is 12.3 Å². The number of hydrogen-bond donors (Lipinski definition) is 1. The first-order chi connectivity index (χ1) is 8.04. The zero-order valence-electron chi connectivity index (χ0n) is 9.15. The van der Waals surface area contributed by atoms with Crippen molar-refractivity contribution in [2.24, 2.45) is 0 Å². The van der Waals surface area contributed by atoms with Crippen LogP contribution in [0.25, 0.3) is 0 Å². The van der Waals surface area contributed by atoms with Crippen LogP contribution in [-0.4, -0.2) is 25.0 Å². The van der Waals surface area contributed by atoms with Crippen molar-refractivity contribution in [1.82, 2.24) is 0 Å². The van der Waals surface area contributed by atoms with Gasteiger partial charge in [-0.15, -0.1) is 0 Å². The van der Waals surface area contributed by atoms with E-state index in [2.05, 4.69) is 5.32 Å². The van der Waals surface area contributed by atoms with E-state index in [1.54, 1.807) is 7.05 Å². The van der Waals surface area contributed by atoms with Gasteiger partial charge in [0.05, 0.1) is 11.5 Å². The molecule has 0 aromatic heterocycles. The summed E-state index contributed by atoms with van der Waals surface area (Å²) in [7, 11) is 1.55. The van der Waals surface area contributed by atoms with Gasteiger partial charge in [-0.05, 0) is 17.7 Å². The van der Waals surface area contributed by atoms with E-state index in [1.165, 1.54) is 18.2 Å². The van der Waals surface area contributed by atoms with E-state index in [1.807, 2.05) is 0 Å². The molecule has 1 rings (SSSR count). The topological polar surface area (TPSA) is 64.4 Å². The van der Waals surface area contributed by atoms with E-state index in [9.17, 15) is 18.9 Å². The van der Waals surface area contributed by atoms with Crippen molar-refractivity contribution in [1.29, 1.82) is 0 Å². The third-order valence-electron chi connectivity index (χ3n) is 2.04. The number of nitro groups is 1. The minimum absolute atomic E-state index is 0.00296. The lowest BCUT2D eigenvalue weighted by Crippen LogP contribution is -2.05. The van der Waals surface area contributed by atoms with Gasteiger partial charge >= 0.3 is 0 Å². The predicted molar refractivity (Wildman–Crippen MR) is 58.3 cm³/mol. The van der Waals surface area contributed by atoms with Crippen LogP contribution < -0.4 is 5.32 Å². The lowest BCUT2D eigenvalue weighted by Gasteiger charge is -2.06. The molecule has 0 aliphatic carbocycles. The lowest BCUT2D eigenvalue weighted by atomic mass is 10.2. The lowest BCUT2D eigenvalue weighted by molar-refractivity contribution is -0.384. The number of anilines is 1. The fourth-order valence-corrected chi connectivity index (χ4v) is 1.30. The number of nitro benzene ring substituents is 1. The maximum Gasteiger partial charge on any atom is 0.292 e. The Kier molecular flexibility index (Phi) is 4.77. The highest BCUT2D eigenvalue weighted by molar-refractivity contribution is 5.62. The standard InChI is InChI=1S/C10H12F2N2O3/c1-13-8-4-7(5-17-6-10(11)12)2-3-9(8)14(15)16/h2-4,10,13H,5-6H2,1H3. The number of benzene rings is 1. The van der Waals surface area contributed by atoms with Crippen LogP contribution in [-0.2, 0) is 11.3 Å². The number of nitrogens with one attached hydrogen (secondary N) is 1. The number of rotatable bonds is 6. The second-order valence-corrected chi connectivity index (χ2v) is 3.26. The number of nitrogens with zero attached hydrogens (tertiary/aromatic N) is 1. The van der Waals surface area contributed by atoms with Crippen molar-refractivity contribution in [3.63, 3.8) is 0 Å². The van der Waals surface area contributed by atoms with Crippen LogP contribution in [0.4, 0.5) is 20.2 Å². The smallest absolute Gasteiger partial charge is 0.292 e. The molecule has 0 fully saturated rings. The van der Waals surface area contributed by atoms with Crippen LogP contribution in [0.15, 0.2) is 18.2 Å². The monoisotopic (exact) mass is 246 g/mol. The minimum Gasteiger partial charge on any atom is -0.383 e. The van der Waals surface area contributed by atoms with Crippen molar-refractivity contribution in [2.45, 2.75) is 13.0 Å². The zero-order chi connectivity index (χ0) is 12.8. The molecule has 5 nitrogen and oxygen atoms in total. The van der Waals surface area contributed by atoms with Gasteiger partial charge in [-0.2, -0.15) is 0 Å². The quantitative estimate of drug-likeness (QED) is 0.618. The third kappa shape index (κ3) is 3.95. The minimum atomic E-state index is -2.52. The molecule has 0 bridgehead atoms. The zero-order valence-corrected chi connectivity index (χ0v) is 9.15. The van der Waals surface area contributed by atoms with E-state index in [0.717, 1.165) is 0 Å². The first kappa shape index (κ1) is 13.3. The molecule has 0 aliphatic heterocycles. The first-order valence-corrected chi connectivity index (χ1v) is 4.85. The van der Waals surface area contributed by atoms with Gasteiger partial charge in [-0.1, -0.05) is 0 Å². The molecule has 0 amide bonds. The average molecular weight is 246 g/mol. The largest absolute Gasteiger partial charge is 0.383 e. The summed E-state index contributed by atoms with van der Waals surface area (Å²) in [4.78, 5) is 10.1. The van der Waals surface area contributed by atoms with Crippen molar-refractivity contribution in [2.75, 3.05) is 19.0 Å². The molecule has 94 valence electrons. The predicted octanol–water partition coefficient (Wildman–Crippen LogP) is 2.42. The molecule has 0 heterocycles. The van der Waals surface area contributed by atoms with Crippen molar-refractivity contribution < 1.29 is 18.4 Å². The van der Waals surface area contributed by atoms with Crippen LogP contribution >= 0.6 is 0 Å². The SMILES string of the molecule is CNc1cc(COCC(F)F)ccc1[N+](=O)[O-]. The molecule has 1 N–H and O–H groups in total. The Bertz CT molecular complexity index is 399. The summed E-state index contributed by atoms with van der Waals surface area (Å²) in [5.74, 6) is 0. The van der Waals surface area contributed by atoms with Gasteiger partial charge in [-0.3, -0.25) is 10.1 Å². The molecule has 0 radical (unpaired) electrons. The highest BCUT2D eigenvalue weighted by Crippen LogP contribution is 2.25. The molecule has 0 saturated heterocycles. The van der Waals surface area contributed by atoms with E-state index >= 15 is 0 Å². The molecule has 1 aromatic carbocycles. The molecule has 1 aromatic rings. The molecule has 7 heteroatoms. The summed E-state index contributed by atoms with van der Waals surface area (Å²) in [6.07, 6.45) is -2.52. The van der Waals surface area contributed by atoms with Gasteiger partial charge in [-0.25, -0.2) is 8.78 Å². The van der Waals surface area contributed by atoms with Crippen molar-refractivity contribution in [3.05, 3.63) is 33.9 Å². The Morgan fingerprint density at radius 2 is 2.24 bits per heavy atom. The van der Waals surface area contributed by atoms with Gasteiger partial charge in [0.15, 0.2) is 0 Å². The molecular formula is C10H12F2N2O3. The van der Waals surface area contributed by atoms with Gasteiger partial charge in [0.25, 0.3) is 12.1 Å². The summed E-state index contributed by atoms with van der Waals surface area (Å²) in [6, 6.07) is 4.29. The first-order valence-electron chi connectivity index (χ1n) is 4.85. The van der Waals surface area contributed by atoms with Crippen LogP contribution in [0.5, 0.6) is 0 Å². The Hall–Kier alpha value is -1.76. The third-order valence-corrected chi connectivity index (χ3v) is 2.04. The van der Waals surface area contributed by atoms with E-state index < -0.39 is 18.0 Å². The average Bonchev–Trinajstić information content (AvgIpc) is 2.28. The summed E-state index contributed by atoms with van der Waals surface area (Å²) < 4.78 is 28.4. The van der Waals surface area contributed by atoms with Crippen molar-refractivity contribution in [3.8, 4) is 0 Å². The normalized spacial score (nSPS) is 10.6. The molecule has 0 atom stereocenters. The summed E-state index contributed by atoms with van der Waals surface area (Å²) in [6.45, 7) is -0.650. The Morgan fingerprint density at radius 1 is 1.53 bits per heavy atom. The molecule has 17 heavy (non-hydrogen) atoms. The fraction of sp³-hybridized carbons (Fsp3) is 0.400. The van der Waals surface area contributed by atoms with Crippen LogP contribution in [0.2, 0.25) is 0 Å². The number of halogens is 2. The Balaban J connectivity index is 2.72.